The standard InChI is InChI=1S/C16H17N3O2/c1-12-7-10-18(11-8-12)16-13(5-6-15(20)21)19-9-3-2-4-14(19)17-16/h2-7,9H,8,10-11H2,1H3,(H,20,21)/b6-5+. The van der Waals surface area contributed by atoms with Crippen LogP contribution in [-0.4, -0.2) is 33.6 Å². The van der Waals surface area contributed by atoms with Gasteiger partial charge in [-0.1, -0.05) is 17.7 Å². The maximum atomic E-state index is 10.8. The summed E-state index contributed by atoms with van der Waals surface area (Å²) < 4.78 is 1.92. The van der Waals surface area contributed by atoms with Crippen molar-refractivity contribution in [3.63, 3.8) is 0 Å². The van der Waals surface area contributed by atoms with Crippen molar-refractivity contribution >= 4 is 23.5 Å². The van der Waals surface area contributed by atoms with Gasteiger partial charge in [-0.2, -0.15) is 0 Å². The number of carbonyl (C=O) groups is 1. The summed E-state index contributed by atoms with van der Waals surface area (Å²) in [6, 6.07) is 5.76. The smallest absolute Gasteiger partial charge is 0.328 e. The summed E-state index contributed by atoms with van der Waals surface area (Å²) in [5, 5.41) is 8.88. The first-order valence-electron chi connectivity index (χ1n) is 6.94. The summed E-state index contributed by atoms with van der Waals surface area (Å²) in [4.78, 5) is 17.7. The molecule has 1 aliphatic rings. The summed E-state index contributed by atoms with van der Waals surface area (Å²) >= 11 is 0. The average molecular weight is 283 g/mol. The molecule has 108 valence electrons. The van der Waals surface area contributed by atoms with E-state index in [-0.39, 0.29) is 0 Å². The van der Waals surface area contributed by atoms with E-state index >= 15 is 0 Å². The molecule has 0 amide bonds. The summed E-state index contributed by atoms with van der Waals surface area (Å²) in [7, 11) is 0. The number of carboxylic acids is 1. The maximum absolute atomic E-state index is 10.8. The number of hydrogen-bond donors (Lipinski definition) is 1. The minimum absolute atomic E-state index is 0.806. The highest BCUT2D eigenvalue weighted by Crippen LogP contribution is 2.25. The van der Waals surface area contributed by atoms with Gasteiger partial charge in [0.25, 0.3) is 0 Å². The lowest BCUT2D eigenvalue weighted by molar-refractivity contribution is -0.131. The van der Waals surface area contributed by atoms with E-state index < -0.39 is 5.97 Å². The van der Waals surface area contributed by atoms with Crippen molar-refractivity contribution in [3.05, 3.63) is 47.8 Å². The fourth-order valence-electron chi connectivity index (χ4n) is 2.50. The van der Waals surface area contributed by atoms with Gasteiger partial charge >= 0.3 is 5.97 Å². The molecule has 0 saturated heterocycles. The van der Waals surface area contributed by atoms with Crippen LogP contribution in [0.25, 0.3) is 11.7 Å². The molecule has 1 aliphatic heterocycles. The molecule has 3 heterocycles. The van der Waals surface area contributed by atoms with E-state index in [0.717, 1.165) is 42.7 Å². The lowest BCUT2D eigenvalue weighted by atomic mass is 10.1. The Morgan fingerprint density at radius 2 is 2.29 bits per heavy atom. The van der Waals surface area contributed by atoms with Crippen LogP contribution in [0.5, 0.6) is 0 Å². The fraction of sp³-hybridized carbons (Fsp3) is 0.250. The second-order valence-electron chi connectivity index (χ2n) is 5.17. The lowest BCUT2D eigenvalue weighted by Gasteiger charge is -2.26. The Kier molecular flexibility index (Phi) is 3.48. The van der Waals surface area contributed by atoms with Crippen molar-refractivity contribution in [3.8, 4) is 0 Å². The van der Waals surface area contributed by atoms with Crippen molar-refractivity contribution in [2.45, 2.75) is 13.3 Å². The molecule has 0 spiro atoms. The average Bonchev–Trinajstić information content (AvgIpc) is 2.84. The molecule has 0 radical (unpaired) electrons. The van der Waals surface area contributed by atoms with Crippen LogP contribution in [0.3, 0.4) is 0 Å². The number of imidazole rings is 1. The number of aromatic nitrogens is 2. The molecule has 0 atom stereocenters. The van der Waals surface area contributed by atoms with E-state index in [1.807, 2.05) is 28.8 Å². The molecule has 5 heteroatoms. The van der Waals surface area contributed by atoms with E-state index in [0.29, 0.717) is 0 Å². The molecule has 3 rings (SSSR count). The maximum Gasteiger partial charge on any atom is 0.328 e. The third-order valence-corrected chi connectivity index (χ3v) is 3.67. The van der Waals surface area contributed by atoms with Gasteiger partial charge in [0.05, 0.1) is 5.69 Å². The third kappa shape index (κ3) is 2.67. The van der Waals surface area contributed by atoms with Crippen LogP contribution in [0, 0.1) is 0 Å². The molecule has 0 saturated carbocycles. The van der Waals surface area contributed by atoms with E-state index in [2.05, 4.69) is 22.9 Å². The van der Waals surface area contributed by atoms with Gasteiger partial charge in [-0.15, -0.1) is 0 Å². The molecule has 0 bridgehead atoms. The Labute approximate surface area is 122 Å². The third-order valence-electron chi connectivity index (χ3n) is 3.67. The Morgan fingerprint density at radius 3 is 3.00 bits per heavy atom. The fourth-order valence-corrected chi connectivity index (χ4v) is 2.50. The number of nitrogens with zero attached hydrogens (tertiary/aromatic N) is 3. The quantitative estimate of drug-likeness (QED) is 0.695. The molecular weight excluding hydrogens is 266 g/mol. The Hall–Kier alpha value is -2.56. The minimum Gasteiger partial charge on any atom is -0.478 e. The molecule has 1 N–H and O–H groups in total. The van der Waals surface area contributed by atoms with Gasteiger partial charge in [-0.3, -0.25) is 4.40 Å². The molecule has 0 unspecified atom stereocenters. The summed E-state index contributed by atoms with van der Waals surface area (Å²) in [6.07, 6.45) is 7.88. The van der Waals surface area contributed by atoms with Crippen LogP contribution in [0.15, 0.2) is 42.1 Å². The molecule has 21 heavy (non-hydrogen) atoms. The largest absolute Gasteiger partial charge is 0.478 e. The van der Waals surface area contributed by atoms with Crippen molar-refractivity contribution in [1.82, 2.24) is 9.38 Å². The molecule has 0 aromatic carbocycles. The molecule has 5 nitrogen and oxygen atoms in total. The number of fused-ring (bicyclic) bond motifs is 1. The predicted molar refractivity (Wildman–Crippen MR) is 82.4 cm³/mol. The topological polar surface area (TPSA) is 57.8 Å². The molecule has 0 aliphatic carbocycles. The van der Waals surface area contributed by atoms with E-state index in [1.165, 1.54) is 5.57 Å². The number of pyridine rings is 1. The number of rotatable bonds is 3. The van der Waals surface area contributed by atoms with Crippen LogP contribution in [0.2, 0.25) is 0 Å². The Bertz CT molecular complexity index is 743. The van der Waals surface area contributed by atoms with Gasteiger partial charge in [0, 0.05) is 25.4 Å². The van der Waals surface area contributed by atoms with Gasteiger partial charge in [-0.25, -0.2) is 9.78 Å². The first kappa shape index (κ1) is 13.4. The van der Waals surface area contributed by atoms with Crippen LogP contribution in [0.4, 0.5) is 5.82 Å². The zero-order chi connectivity index (χ0) is 14.8. The molecule has 2 aromatic rings. The normalized spacial score (nSPS) is 15.7. The van der Waals surface area contributed by atoms with Gasteiger partial charge in [0.2, 0.25) is 0 Å². The Balaban J connectivity index is 2.08. The van der Waals surface area contributed by atoms with Crippen molar-refractivity contribution in [1.29, 1.82) is 0 Å². The number of carboxylic acid groups (broad SMARTS) is 1. The monoisotopic (exact) mass is 283 g/mol. The second-order valence-corrected chi connectivity index (χ2v) is 5.17. The van der Waals surface area contributed by atoms with Crippen molar-refractivity contribution in [2.75, 3.05) is 18.0 Å². The SMILES string of the molecule is CC1=CCN(c2nc3ccccn3c2/C=C/C(=O)O)CC1. The summed E-state index contributed by atoms with van der Waals surface area (Å²) in [5.74, 6) is -0.122. The lowest BCUT2D eigenvalue weighted by Crippen LogP contribution is -2.29. The number of hydrogen-bond acceptors (Lipinski definition) is 3. The van der Waals surface area contributed by atoms with E-state index in [9.17, 15) is 4.79 Å². The number of anilines is 1. The van der Waals surface area contributed by atoms with Gasteiger partial charge < -0.3 is 10.0 Å². The zero-order valence-corrected chi connectivity index (χ0v) is 11.9. The highest BCUT2D eigenvalue weighted by molar-refractivity contribution is 5.86. The van der Waals surface area contributed by atoms with E-state index in [4.69, 9.17) is 5.11 Å². The second kappa shape index (κ2) is 5.44. The first-order valence-corrected chi connectivity index (χ1v) is 6.94. The van der Waals surface area contributed by atoms with Gasteiger partial charge in [0.1, 0.15) is 5.65 Å². The summed E-state index contributed by atoms with van der Waals surface area (Å²) in [6.45, 7) is 3.84. The van der Waals surface area contributed by atoms with Crippen LogP contribution < -0.4 is 4.90 Å². The van der Waals surface area contributed by atoms with Crippen LogP contribution >= 0.6 is 0 Å². The summed E-state index contributed by atoms with van der Waals surface area (Å²) in [5.41, 5.74) is 3.02. The van der Waals surface area contributed by atoms with E-state index in [1.54, 1.807) is 6.08 Å². The number of aliphatic carboxylic acids is 1. The molecule has 0 fully saturated rings. The molecule has 2 aromatic heterocycles. The predicted octanol–water partition coefficient (Wildman–Crippen LogP) is 2.59. The van der Waals surface area contributed by atoms with Crippen LogP contribution in [-0.2, 0) is 4.79 Å². The first-order chi connectivity index (χ1) is 10.1. The van der Waals surface area contributed by atoms with Crippen molar-refractivity contribution < 1.29 is 9.90 Å². The minimum atomic E-state index is -0.957. The Morgan fingerprint density at radius 1 is 1.43 bits per heavy atom. The van der Waals surface area contributed by atoms with Crippen molar-refractivity contribution in [2.24, 2.45) is 0 Å². The van der Waals surface area contributed by atoms with Gasteiger partial charge in [-0.05, 0) is 31.6 Å². The van der Waals surface area contributed by atoms with Gasteiger partial charge in [0.15, 0.2) is 5.82 Å². The van der Waals surface area contributed by atoms with Crippen LogP contribution in [0.1, 0.15) is 19.0 Å². The molecular formula is C16H17N3O2. The highest BCUT2D eigenvalue weighted by Gasteiger charge is 2.18. The highest BCUT2D eigenvalue weighted by atomic mass is 16.4. The zero-order valence-electron chi connectivity index (χ0n) is 11.9.